The van der Waals surface area contributed by atoms with Gasteiger partial charge in [0.2, 0.25) is 5.95 Å². The van der Waals surface area contributed by atoms with Gasteiger partial charge in [0, 0.05) is 65.6 Å². The predicted molar refractivity (Wildman–Crippen MR) is 193 cm³/mol. The molecule has 0 unspecified atom stereocenters. The molecular weight excluding hydrogens is 549 g/mol. The average molecular weight is 597 g/mol. The largest absolute Gasteiger partial charge is 0.369 e. The zero-order valence-corrected chi connectivity index (χ0v) is 27.5. The molecule has 1 fully saturated rings. The molecule has 5 rings (SSSR count). The number of nitrogens with one attached hydrogen (secondary N) is 2. The molecule has 0 radical (unpaired) electrons. The van der Waals surface area contributed by atoms with Gasteiger partial charge in [-0.05, 0) is 67.9 Å². The molecule has 4 aromatic rings. The van der Waals surface area contributed by atoms with Gasteiger partial charge in [-0.2, -0.15) is 0 Å². The van der Waals surface area contributed by atoms with Crippen molar-refractivity contribution in [2.75, 3.05) is 41.7 Å². The molecule has 1 aliphatic heterocycles. The van der Waals surface area contributed by atoms with Crippen molar-refractivity contribution in [1.82, 2.24) is 14.3 Å². The average Bonchev–Trinajstić information content (AvgIpc) is 3.04. The van der Waals surface area contributed by atoms with E-state index in [1.807, 2.05) is 65.0 Å². The molecule has 1 aromatic heterocycles. The second-order valence-electron chi connectivity index (χ2n) is 9.94. The minimum absolute atomic E-state index is 0.569. The summed E-state index contributed by atoms with van der Waals surface area (Å²) < 4.78 is 2.47. The molecule has 43 heavy (non-hydrogen) atoms. The lowest BCUT2D eigenvalue weighted by molar-refractivity contribution is 0.427. The van der Waals surface area contributed by atoms with Gasteiger partial charge in [-0.1, -0.05) is 76.3 Å². The summed E-state index contributed by atoms with van der Waals surface area (Å²) in [6.45, 7) is 19.8. The summed E-state index contributed by atoms with van der Waals surface area (Å²) in [5, 5.41) is 6.57. The van der Waals surface area contributed by atoms with Crippen LogP contribution >= 0.6 is 9.39 Å². The lowest BCUT2D eigenvalue weighted by atomic mass is 10.1. The smallest absolute Gasteiger partial charge is 0.227 e. The number of allylic oxidation sites excluding steroid dienone is 1. The zero-order valence-electron chi connectivity index (χ0n) is 26.7. The Balaban J connectivity index is 0.00000121. The van der Waals surface area contributed by atoms with Crippen molar-refractivity contribution >= 4 is 44.1 Å². The van der Waals surface area contributed by atoms with Crippen LogP contribution in [0.15, 0.2) is 102 Å². The molecule has 0 atom stereocenters. The Labute approximate surface area is 260 Å². The van der Waals surface area contributed by atoms with E-state index < -0.39 is 9.39 Å². The molecule has 228 valence electrons. The van der Waals surface area contributed by atoms with Crippen molar-refractivity contribution in [3.63, 3.8) is 0 Å². The maximum atomic E-state index is 4.72. The van der Waals surface area contributed by atoms with Gasteiger partial charge >= 0.3 is 0 Å². The third-order valence-corrected chi connectivity index (χ3v) is 9.55. The van der Waals surface area contributed by atoms with E-state index in [0.717, 1.165) is 54.5 Å². The maximum Gasteiger partial charge on any atom is 0.227 e. The SMILES string of the molecule is C=C(C)Nc1ccc(-c2ccnc(Nc3ccc(N4CCN(S(=C)(=C)c5ccccc5C)CC4)cc3)n2)cc1.CC.CC. The maximum absolute atomic E-state index is 4.72. The molecule has 0 aliphatic carbocycles. The highest BCUT2D eigenvalue weighted by Crippen LogP contribution is 2.39. The standard InChI is InChI=1S/C32H36N6S.2C2H6/c1-24(2)34-27-12-10-26(11-13-27)30-18-19-33-32(36-30)35-28-14-16-29(17-15-28)37-20-22-38(23-21-37)39(4,5)31-9-7-6-8-25(31)3;2*1-2/h6-19,34H,1,4-5,20-23H2,2-3H3,(H,33,35,36);2*1-2H3. The third kappa shape index (κ3) is 8.72. The number of aryl methyl sites for hydroxylation is 1. The summed E-state index contributed by atoms with van der Waals surface area (Å²) in [5.41, 5.74) is 7.24. The van der Waals surface area contributed by atoms with Crippen LogP contribution < -0.4 is 15.5 Å². The van der Waals surface area contributed by atoms with E-state index in [1.54, 1.807) is 6.20 Å². The minimum atomic E-state index is -1.49. The van der Waals surface area contributed by atoms with Gasteiger partial charge in [-0.15, -0.1) is 9.39 Å². The summed E-state index contributed by atoms with van der Waals surface area (Å²) in [6, 6.07) is 27.0. The van der Waals surface area contributed by atoms with E-state index in [4.69, 9.17) is 4.98 Å². The topological polar surface area (TPSA) is 56.3 Å². The number of hydrogen-bond donors (Lipinski definition) is 2. The van der Waals surface area contributed by atoms with E-state index in [0.29, 0.717) is 5.95 Å². The Bertz CT molecular complexity index is 1550. The van der Waals surface area contributed by atoms with Gasteiger partial charge in [0.15, 0.2) is 0 Å². The van der Waals surface area contributed by atoms with Gasteiger partial charge in [-0.25, -0.2) is 9.97 Å². The fourth-order valence-electron chi connectivity index (χ4n) is 4.85. The summed E-state index contributed by atoms with van der Waals surface area (Å²) >= 11 is 0. The highest BCUT2D eigenvalue weighted by molar-refractivity contribution is 8.25. The molecule has 7 heteroatoms. The first-order valence-corrected chi connectivity index (χ1v) is 17.0. The number of anilines is 4. The molecule has 2 heterocycles. The first-order valence-electron chi connectivity index (χ1n) is 15.1. The Morgan fingerprint density at radius 2 is 1.40 bits per heavy atom. The van der Waals surface area contributed by atoms with E-state index >= 15 is 0 Å². The van der Waals surface area contributed by atoms with Crippen molar-refractivity contribution < 1.29 is 0 Å². The van der Waals surface area contributed by atoms with Gasteiger partial charge in [0.05, 0.1) is 5.69 Å². The van der Waals surface area contributed by atoms with E-state index in [9.17, 15) is 0 Å². The van der Waals surface area contributed by atoms with Gasteiger partial charge < -0.3 is 15.5 Å². The number of piperazine rings is 1. The lowest BCUT2D eigenvalue weighted by Crippen LogP contribution is -2.44. The van der Waals surface area contributed by atoms with Crippen LogP contribution in [0.2, 0.25) is 0 Å². The molecule has 2 N–H and O–H groups in total. The summed E-state index contributed by atoms with van der Waals surface area (Å²) in [5.74, 6) is 9.70. The molecule has 0 spiro atoms. The van der Waals surface area contributed by atoms with Crippen LogP contribution in [0, 0.1) is 6.92 Å². The summed E-state index contributed by atoms with van der Waals surface area (Å²) in [6.07, 6.45) is 1.78. The Kier molecular flexibility index (Phi) is 12.4. The van der Waals surface area contributed by atoms with Crippen LogP contribution in [0.3, 0.4) is 0 Å². The Morgan fingerprint density at radius 1 is 0.791 bits per heavy atom. The molecule has 0 saturated carbocycles. The van der Waals surface area contributed by atoms with E-state index in [-0.39, 0.29) is 0 Å². The number of hydrogen-bond acceptors (Lipinski definition) is 6. The molecule has 3 aromatic carbocycles. The molecule has 6 nitrogen and oxygen atoms in total. The third-order valence-electron chi connectivity index (χ3n) is 6.92. The number of nitrogens with zero attached hydrogens (tertiary/aromatic N) is 4. The summed E-state index contributed by atoms with van der Waals surface area (Å²) in [4.78, 5) is 12.8. The Morgan fingerprint density at radius 3 is 2.00 bits per heavy atom. The zero-order chi connectivity index (χ0) is 31.4. The van der Waals surface area contributed by atoms with E-state index in [1.165, 1.54) is 16.1 Å². The highest BCUT2D eigenvalue weighted by atomic mass is 32.2. The highest BCUT2D eigenvalue weighted by Gasteiger charge is 2.22. The second-order valence-corrected chi connectivity index (χ2v) is 12.6. The first-order chi connectivity index (χ1) is 20.8. The van der Waals surface area contributed by atoms with Crippen LogP contribution in [0.5, 0.6) is 0 Å². The Hall–Kier alpha value is -4.07. The number of aromatic nitrogens is 2. The van der Waals surface area contributed by atoms with Crippen LogP contribution in [0.1, 0.15) is 40.2 Å². The van der Waals surface area contributed by atoms with Crippen molar-refractivity contribution in [2.24, 2.45) is 0 Å². The van der Waals surface area contributed by atoms with Crippen LogP contribution in [-0.2, 0) is 0 Å². The second kappa shape index (κ2) is 16.0. The fourth-order valence-corrected chi connectivity index (χ4v) is 6.99. The van der Waals surface area contributed by atoms with Crippen LogP contribution in [0.25, 0.3) is 11.3 Å². The fraction of sp³-hybridized carbons (Fsp3) is 0.278. The first kappa shape index (κ1) is 33.4. The minimum Gasteiger partial charge on any atom is -0.369 e. The molecule has 0 bridgehead atoms. The molecule has 0 amide bonds. The normalized spacial score (nSPS) is 13.1. The summed E-state index contributed by atoms with van der Waals surface area (Å²) in [7, 11) is -1.49. The van der Waals surface area contributed by atoms with Crippen molar-refractivity contribution in [3.05, 3.63) is 103 Å². The van der Waals surface area contributed by atoms with Crippen LogP contribution in [-0.4, -0.2) is 52.2 Å². The molecule has 1 aliphatic rings. The van der Waals surface area contributed by atoms with Gasteiger partial charge in [0.1, 0.15) is 0 Å². The number of benzene rings is 3. The van der Waals surface area contributed by atoms with Crippen molar-refractivity contribution in [3.8, 4) is 11.3 Å². The van der Waals surface area contributed by atoms with Gasteiger partial charge in [0.25, 0.3) is 0 Å². The predicted octanol–water partition coefficient (Wildman–Crippen LogP) is 8.96. The van der Waals surface area contributed by atoms with Crippen LogP contribution in [0.4, 0.5) is 23.0 Å². The molecule has 1 saturated heterocycles. The number of rotatable bonds is 8. The monoisotopic (exact) mass is 596 g/mol. The van der Waals surface area contributed by atoms with E-state index in [2.05, 4.69) is 98.6 Å². The quantitative estimate of drug-likeness (QED) is 0.198. The van der Waals surface area contributed by atoms with Crippen molar-refractivity contribution in [1.29, 1.82) is 0 Å². The molecular formula is C36H48N6S. The van der Waals surface area contributed by atoms with Crippen molar-refractivity contribution in [2.45, 2.75) is 46.4 Å². The van der Waals surface area contributed by atoms with Gasteiger partial charge in [-0.3, -0.25) is 4.31 Å². The lowest BCUT2D eigenvalue weighted by Gasteiger charge is -2.40.